The van der Waals surface area contributed by atoms with Crippen LogP contribution in [0.5, 0.6) is 0 Å². The number of unbranched alkanes of at least 4 members (excludes halogenated alkanes) is 1. The highest BCUT2D eigenvalue weighted by molar-refractivity contribution is 5.81. The summed E-state index contributed by atoms with van der Waals surface area (Å²) in [5, 5.41) is 6.13. The van der Waals surface area contributed by atoms with Crippen LogP contribution in [0.2, 0.25) is 0 Å². The zero-order chi connectivity index (χ0) is 20.6. The fourth-order valence-corrected chi connectivity index (χ4v) is 3.91. The largest absolute Gasteiger partial charge is 0.310 e. The summed E-state index contributed by atoms with van der Waals surface area (Å²) in [5.74, 6) is 0. The Morgan fingerprint density at radius 3 is 2.32 bits per heavy atom. The fraction of sp³-hybridized carbons (Fsp3) is 0.276. The molecule has 1 atom stereocenters. The number of hydrogen-bond donors (Lipinski definition) is 1. The molecule has 4 aromatic rings. The molecule has 3 aromatic carbocycles. The first-order chi connectivity index (χ1) is 14.8. The standard InChI is InChI=1S/C28H30N2.CH4/c1-22(30-20-24-13-16-28-21-29-18-17-27(28)19-24)7-5-6-8-23-11-14-26(15-12-23)25-9-3-2-4-10-25;/h2-4,9-19,21-22,30H,5-8,20H2,1H3;1H4/t22-;/m1./s1. The molecular formula is C29H34N2. The van der Waals surface area contributed by atoms with Gasteiger partial charge < -0.3 is 5.32 Å². The first-order valence-corrected chi connectivity index (χ1v) is 11.0. The summed E-state index contributed by atoms with van der Waals surface area (Å²) in [6.07, 6.45) is 8.62. The number of hydrogen-bond acceptors (Lipinski definition) is 2. The summed E-state index contributed by atoms with van der Waals surface area (Å²) in [7, 11) is 0. The van der Waals surface area contributed by atoms with E-state index in [1.807, 2.05) is 12.4 Å². The predicted octanol–water partition coefficient (Wildman–Crippen LogP) is 7.43. The SMILES string of the molecule is C.C[C@H](CCCCc1ccc(-c2ccccc2)cc1)NCc1ccc2cnccc2c1. The Hall–Kier alpha value is -2.97. The third-order valence-corrected chi connectivity index (χ3v) is 5.77. The summed E-state index contributed by atoms with van der Waals surface area (Å²) in [6, 6.07) is 28.8. The molecule has 0 saturated heterocycles. The van der Waals surface area contributed by atoms with Crippen molar-refractivity contribution >= 4 is 10.8 Å². The van der Waals surface area contributed by atoms with Gasteiger partial charge in [-0.05, 0) is 66.0 Å². The van der Waals surface area contributed by atoms with E-state index < -0.39 is 0 Å². The van der Waals surface area contributed by atoms with Crippen molar-refractivity contribution in [3.8, 4) is 11.1 Å². The van der Waals surface area contributed by atoms with Gasteiger partial charge in [0.15, 0.2) is 0 Å². The predicted molar refractivity (Wildman–Crippen MR) is 134 cm³/mol. The maximum atomic E-state index is 4.18. The fourth-order valence-electron chi connectivity index (χ4n) is 3.91. The molecule has 0 unspecified atom stereocenters. The van der Waals surface area contributed by atoms with Gasteiger partial charge in [-0.15, -0.1) is 0 Å². The van der Waals surface area contributed by atoms with E-state index in [-0.39, 0.29) is 7.43 Å². The maximum Gasteiger partial charge on any atom is 0.0346 e. The van der Waals surface area contributed by atoms with Crippen LogP contribution >= 0.6 is 0 Å². The Morgan fingerprint density at radius 1 is 0.774 bits per heavy atom. The zero-order valence-corrected chi connectivity index (χ0v) is 17.7. The number of benzene rings is 3. The first kappa shape index (κ1) is 22.7. The quantitative estimate of drug-likeness (QED) is 0.290. The van der Waals surface area contributed by atoms with E-state index in [2.05, 4.69) is 96.1 Å². The number of aromatic nitrogens is 1. The van der Waals surface area contributed by atoms with E-state index in [1.54, 1.807) is 0 Å². The van der Waals surface area contributed by atoms with Crippen LogP contribution < -0.4 is 5.32 Å². The van der Waals surface area contributed by atoms with Crippen molar-refractivity contribution < 1.29 is 0 Å². The van der Waals surface area contributed by atoms with E-state index in [0.717, 1.165) is 13.0 Å². The molecule has 1 N–H and O–H groups in total. The van der Waals surface area contributed by atoms with Crippen LogP contribution in [0.4, 0.5) is 0 Å². The summed E-state index contributed by atoms with van der Waals surface area (Å²) >= 11 is 0. The Labute approximate surface area is 187 Å². The Morgan fingerprint density at radius 2 is 1.52 bits per heavy atom. The van der Waals surface area contributed by atoms with Gasteiger partial charge in [0.25, 0.3) is 0 Å². The minimum atomic E-state index is 0. The van der Waals surface area contributed by atoms with E-state index >= 15 is 0 Å². The third kappa shape index (κ3) is 6.50. The maximum absolute atomic E-state index is 4.18. The highest BCUT2D eigenvalue weighted by atomic mass is 14.9. The number of aryl methyl sites for hydroxylation is 1. The summed E-state index contributed by atoms with van der Waals surface area (Å²) < 4.78 is 0. The second-order valence-electron chi connectivity index (χ2n) is 8.15. The molecule has 160 valence electrons. The van der Waals surface area contributed by atoms with Crippen molar-refractivity contribution in [2.24, 2.45) is 0 Å². The molecule has 4 rings (SSSR count). The lowest BCUT2D eigenvalue weighted by Crippen LogP contribution is -2.25. The molecule has 0 fully saturated rings. The topological polar surface area (TPSA) is 24.9 Å². The van der Waals surface area contributed by atoms with Crippen molar-refractivity contribution in [1.29, 1.82) is 0 Å². The monoisotopic (exact) mass is 410 g/mol. The molecule has 2 nitrogen and oxygen atoms in total. The molecule has 0 aliphatic rings. The van der Waals surface area contributed by atoms with Crippen LogP contribution in [0.25, 0.3) is 21.9 Å². The average Bonchev–Trinajstić information content (AvgIpc) is 2.81. The third-order valence-electron chi connectivity index (χ3n) is 5.77. The van der Waals surface area contributed by atoms with Crippen LogP contribution in [-0.2, 0) is 13.0 Å². The molecule has 0 amide bonds. The second-order valence-corrected chi connectivity index (χ2v) is 8.15. The van der Waals surface area contributed by atoms with Gasteiger partial charge in [0.2, 0.25) is 0 Å². The Bertz CT molecular complexity index is 1050. The van der Waals surface area contributed by atoms with E-state index in [9.17, 15) is 0 Å². The summed E-state index contributed by atoms with van der Waals surface area (Å²) in [4.78, 5) is 4.18. The van der Waals surface area contributed by atoms with E-state index in [4.69, 9.17) is 0 Å². The normalized spacial score (nSPS) is 11.8. The van der Waals surface area contributed by atoms with E-state index in [0.29, 0.717) is 6.04 Å². The molecule has 2 heteroatoms. The van der Waals surface area contributed by atoms with Crippen molar-refractivity contribution in [2.75, 3.05) is 0 Å². The van der Waals surface area contributed by atoms with Crippen LogP contribution in [0.15, 0.2) is 91.3 Å². The Balaban J connectivity index is 0.00000272. The number of fused-ring (bicyclic) bond motifs is 1. The van der Waals surface area contributed by atoms with Crippen LogP contribution in [0, 0.1) is 0 Å². The molecule has 1 heterocycles. The molecule has 0 bridgehead atoms. The van der Waals surface area contributed by atoms with Crippen molar-refractivity contribution in [2.45, 2.75) is 52.6 Å². The molecular weight excluding hydrogens is 376 g/mol. The number of nitrogens with zero attached hydrogens (tertiary/aromatic N) is 1. The minimum absolute atomic E-state index is 0. The highest BCUT2D eigenvalue weighted by Gasteiger charge is 2.04. The molecule has 0 aliphatic carbocycles. The van der Waals surface area contributed by atoms with Gasteiger partial charge in [0.05, 0.1) is 0 Å². The van der Waals surface area contributed by atoms with Gasteiger partial charge in [0, 0.05) is 30.4 Å². The first-order valence-electron chi connectivity index (χ1n) is 11.0. The number of pyridine rings is 1. The van der Waals surface area contributed by atoms with Gasteiger partial charge >= 0.3 is 0 Å². The van der Waals surface area contributed by atoms with Crippen LogP contribution in [-0.4, -0.2) is 11.0 Å². The minimum Gasteiger partial charge on any atom is -0.310 e. The van der Waals surface area contributed by atoms with Crippen molar-refractivity contribution in [3.05, 3.63) is 102 Å². The van der Waals surface area contributed by atoms with Crippen molar-refractivity contribution in [1.82, 2.24) is 10.3 Å². The smallest absolute Gasteiger partial charge is 0.0346 e. The van der Waals surface area contributed by atoms with Gasteiger partial charge in [-0.1, -0.05) is 80.6 Å². The van der Waals surface area contributed by atoms with Crippen LogP contribution in [0.1, 0.15) is 44.7 Å². The molecule has 0 spiro atoms. The van der Waals surface area contributed by atoms with Crippen molar-refractivity contribution in [3.63, 3.8) is 0 Å². The van der Waals surface area contributed by atoms with Crippen LogP contribution in [0.3, 0.4) is 0 Å². The molecule has 31 heavy (non-hydrogen) atoms. The van der Waals surface area contributed by atoms with E-state index in [1.165, 1.54) is 52.3 Å². The molecule has 0 aliphatic heterocycles. The Kier molecular flexibility index (Phi) is 8.37. The van der Waals surface area contributed by atoms with Gasteiger partial charge in [-0.2, -0.15) is 0 Å². The van der Waals surface area contributed by atoms with Gasteiger partial charge in [0.1, 0.15) is 0 Å². The molecule has 0 radical (unpaired) electrons. The van der Waals surface area contributed by atoms with Gasteiger partial charge in [-0.3, -0.25) is 4.98 Å². The summed E-state index contributed by atoms with van der Waals surface area (Å²) in [6.45, 7) is 3.21. The lowest BCUT2D eigenvalue weighted by Gasteiger charge is -2.14. The number of nitrogens with one attached hydrogen (secondary N) is 1. The zero-order valence-electron chi connectivity index (χ0n) is 17.7. The van der Waals surface area contributed by atoms with Gasteiger partial charge in [-0.25, -0.2) is 0 Å². The molecule has 0 saturated carbocycles. The highest BCUT2D eigenvalue weighted by Crippen LogP contribution is 2.20. The second kappa shape index (κ2) is 11.4. The summed E-state index contributed by atoms with van der Waals surface area (Å²) in [5.41, 5.74) is 5.34. The average molecular weight is 411 g/mol. The lowest BCUT2D eigenvalue weighted by atomic mass is 10.0. The molecule has 1 aromatic heterocycles. The number of rotatable bonds is 9. The lowest BCUT2D eigenvalue weighted by molar-refractivity contribution is 0.489.